The van der Waals surface area contributed by atoms with Crippen LogP contribution in [0.5, 0.6) is 0 Å². The fraction of sp³-hybridized carbons (Fsp3) is 0.105. The number of nitrogens with zero attached hydrogens (tertiary/aromatic N) is 2. The lowest BCUT2D eigenvalue weighted by Gasteiger charge is -2.10. The van der Waals surface area contributed by atoms with Crippen LogP contribution < -0.4 is 10.6 Å². The Morgan fingerprint density at radius 2 is 1.54 bits per heavy atom. The van der Waals surface area contributed by atoms with Crippen LogP contribution in [0, 0.1) is 13.8 Å². The van der Waals surface area contributed by atoms with Gasteiger partial charge in [0.1, 0.15) is 0 Å². The van der Waals surface area contributed by atoms with E-state index >= 15 is 0 Å². The summed E-state index contributed by atoms with van der Waals surface area (Å²) in [6, 6.07) is 10.8. The van der Waals surface area contributed by atoms with E-state index in [1.165, 1.54) is 12.4 Å². The molecule has 0 aliphatic rings. The van der Waals surface area contributed by atoms with E-state index in [4.69, 9.17) is 23.2 Å². The molecule has 0 saturated heterocycles. The molecule has 2 aromatic carbocycles. The number of benzene rings is 2. The molecule has 3 rings (SSSR count). The molecule has 7 heteroatoms. The van der Waals surface area contributed by atoms with Crippen molar-refractivity contribution in [1.82, 2.24) is 9.97 Å². The lowest BCUT2D eigenvalue weighted by molar-refractivity contribution is 0.102. The van der Waals surface area contributed by atoms with Gasteiger partial charge in [0.25, 0.3) is 5.91 Å². The minimum Gasteiger partial charge on any atom is -0.324 e. The molecule has 0 bridgehead atoms. The minimum absolute atomic E-state index is 0.301. The molecule has 26 heavy (non-hydrogen) atoms. The fourth-order valence-corrected chi connectivity index (χ4v) is 2.72. The number of amides is 1. The average molecular weight is 387 g/mol. The van der Waals surface area contributed by atoms with Crippen molar-refractivity contribution in [2.45, 2.75) is 13.8 Å². The molecule has 0 aliphatic carbocycles. The third-order valence-electron chi connectivity index (χ3n) is 3.80. The van der Waals surface area contributed by atoms with Crippen LogP contribution in [0.4, 0.5) is 17.3 Å². The molecular formula is C19H16Cl2N4O. The predicted octanol–water partition coefficient (Wildman–Crippen LogP) is 5.40. The summed E-state index contributed by atoms with van der Waals surface area (Å²) in [7, 11) is 0. The van der Waals surface area contributed by atoms with Gasteiger partial charge in [0.15, 0.2) is 0 Å². The zero-order valence-electron chi connectivity index (χ0n) is 14.2. The van der Waals surface area contributed by atoms with Gasteiger partial charge in [0, 0.05) is 33.8 Å². The van der Waals surface area contributed by atoms with Crippen molar-refractivity contribution in [3.05, 3.63) is 75.5 Å². The van der Waals surface area contributed by atoms with Crippen molar-refractivity contribution >= 4 is 46.4 Å². The summed E-state index contributed by atoms with van der Waals surface area (Å²) in [4.78, 5) is 20.8. The van der Waals surface area contributed by atoms with Crippen LogP contribution in [0.1, 0.15) is 21.5 Å². The monoisotopic (exact) mass is 386 g/mol. The van der Waals surface area contributed by atoms with Crippen LogP contribution >= 0.6 is 23.2 Å². The Morgan fingerprint density at radius 1 is 0.885 bits per heavy atom. The SMILES string of the molecule is Cc1ccc(Cl)cc1NC(=O)c1cnc(Nc2ccc(Cl)cc2C)nc1. The Balaban J connectivity index is 1.72. The van der Waals surface area contributed by atoms with Crippen LogP contribution in [0.3, 0.4) is 0 Å². The van der Waals surface area contributed by atoms with E-state index in [-0.39, 0.29) is 5.91 Å². The van der Waals surface area contributed by atoms with E-state index in [2.05, 4.69) is 20.6 Å². The Bertz CT molecular complexity index is 958. The van der Waals surface area contributed by atoms with Crippen molar-refractivity contribution < 1.29 is 4.79 Å². The number of anilines is 3. The molecule has 0 atom stereocenters. The summed E-state index contributed by atoms with van der Waals surface area (Å²) in [5.41, 5.74) is 3.74. The highest BCUT2D eigenvalue weighted by atomic mass is 35.5. The normalized spacial score (nSPS) is 10.5. The largest absolute Gasteiger partial charge is 0.324 e. The molecule has 0 unspecified atom stereocenters. The Hall–Kier alpha value is -2.63. The first-order valence-electron chi connectivity index (χ1n) is 7.85. The van der Waals surface area contributed by atoms with Gasteiger partial charge in [-0.05, 0) is 55.3 Å². The van der Waals surface area contributed by atoms with E-state index in [0.29, 0.717) is 27.2 Å². The summed E-state index contributed by atoms with van der Waals surface area (Å²) < 4.78 is 0. The van der Waals surface area contributed by atoms with E-state index in [1.54, 1.807) is 18.2 Å². The zero-order chi connectivity index (χ0) is 18.7. The van der Waals surface area contributed by atoms with Crippen molar-refractivity contribution in [1.29, 1.82) is 0 Å². The summed E-state index contributed by atoms with van der Waals surface area (Å²) in [6.07, 6.45) is 2.94. The quantitative estimate of drug-likeness (QED) is 0.629. The van der Waals surface area contributed by atoms with Gasteiger partial charge in [-0.15, -0.1) is 0 Å². The van der Waals surface area contributed by atoms with Crippen molar-refractivity contribution in [2.75, 3.05) is 10.6 Å². The molecule has 0 radical (unpaired) electrons. The van der Waals surface area contributed by atoms with Crippen LogP contribution in [0.2, 0.25) is 10.0 Å². The lowest BCUT2D eigenvalue weighted by atomic mass is 10.2. The Morgan fingerprint density at radius 3 is 2.23 bits per heavy atom. The van der Waals surface area contributed by atoms with Gasteiger partial charge in [-0.3, -0.25) is 4.79 Å². The van der Waals surface area contributed by atoms with E-state index in [0.717, 1.165) is 16.8 Å². The minimum atomic E-state index is -0.301. The lowest BCUT2D eigenvalue weighted by Crippen LogP contribution is -2.14. The van der Waals surface area contributed by atoms with Crippen LogP contribution in [0.25, 0.3) is 0 Å². The standard InChI is InChI=1S/C19H16Cl2N4O/c1-11-3-4-15(21)8-17(11)24-18(26)13-9-22-19(23-10-13)25-16-6-5-14(20)7-12(16)2/h3-10H,1-2H3,(H,24,26)(H,22,23,25). The second-order valence-corrected chi connectivity index (χ2v) is 6.67. The topological polar surface area (TPSA) is 66.9 Å². The Kier molecular flexibility index (Phi) is 5.40. The third kappa shape index (κ3) is 4.31. The molecule has 0 spiro atoms. The van der Waals surface area contributed by atoms with Crippen LogP contribution in [-0.2, 0) is 0 Å². The average Bonchev–Trinajstić information content (AvgIpc) is 2.61. The summed E-state index contributed by atoms with van der Waals surface area (Å²) in [5, 5.41) is 7.13. The molecule has 5 nitrogen and oxygen atoms in total. The summed E-state index contributed by atoms with van der Waals surface area (Å²) in [6.45, 7) is 3.83. The highest BCUT2D eigenvalue weighted by molar-refractivity contribution is 6.31. The molecule has 0 saturated carbocycles. The van der Waals surface area contributed by atoms with Gasteiger partial charge in [-0.25, -0.2) is 9.97 Å². The maximum atomic E-state index is 12.4. The van der Waals surface area contributed by atoms with Gasteiger partial charge in [0.2, 0.25) is 5.95 Å². The highest BCUT2D eigenvalue weighted by Gasteiger charge is 2.10. The first kappa shape index (κ1) is 18.2. The fourth-order valence-electron chi connectivity index (χ4n) is 2.32. The molecule has 0 aliphatic heterocycles. The molecule has 1 heterocycles. The van der Waals surface area contributed by atoms with Gasteiger partial charge in [0.05, 0.1) is 5.56 Å². The molecule has 3 aromatic rings. The number of carbonyl (C=O) groups is 1. The zero-order valence-corrected chi connectivity index (χ0v) is 15.7. The number of rotatable bonds is 4. The van der Waals surface area contributed by atoms with Gasteiger partial charge >= 0.3 is 0 Å². The smallest absolute Gasteiger partial charge is 0.258 e. The van der Waals surface area contributed by atoms with Gasteiger partial charge in [-0.2, -0.15) is 0 Å². The highest BCUT2D eigenvalue weighted by Crippen LogP contribution is 2.23. The van der Waals surface area contributed by atoms with Gasteiger partial charge < -0.3 is 10.6 Å². The third-order valence-corrected chi connectivity index (χ3v) is 4.27. The number of halogens is 2. The van der Waals surface area contributed by atoms with E-state index in [1.807, 2.05) is 32.0 Å². The van der Waals surface area contributed by atoms with Crippen molar-refractivity contribution in [2.24, 2.45) is 0 Å². The van der Waals surface area contributed by atoms with E-state index < -0.39 is 0 Å². The number of hydrogen-bond donors (Lipinski definition) is 2. The van der Waals surface area contributed by atoms with Crippen molar-refractivity contribution in [3.63, 3.8) is 0 Å². The molecule has 2 N–H and O–H groups in total. The van der Waals surface area contributed by atoms with Crippen molar-refractivity contribution in [3.8, 4) is 0 Å². The summed E-state index contributed by atoms with van der Waals surface area (Å²) in [5.74, 6) is 0.0931. The maximum absolute atomic E-state index is 12.4. The molecular weight excluding hydrogens is 371 g/mol. The molecule has 1 aromatic heterocycles. The number of hydrogen-bond acceptors (Lipinski definition) is 4. The molecule has 132 valence electrons. The van der Waals surface area contributed by atoms with Crippen LogP contribution in [0.15, 0.2) is 48.8 Å². The second-order valence-electron chi connectivity index (χ2n) is 5.79. The Labute approximate surface area is 161 Å². The number of aryl methyl sites for hydroxylation is 2. The first-order chi connectivity index (χ1) is 12.4. The number of nitrogens with one attached hydrogen (secondary N) is 2. The predicted molar refractivity (Wildman–Crippen MR) is 106 cm³/mol. The first-order valence-corrected chi connectivity index (χ1v) is 8.61. The number of carbonyl (C=O) groups excluding carboxylic acids is 1. The van der Waals surface area contributed by atoms with E-state index in [9.17, 15) is 4.79 Å². The van der Waals surface area contributed by atoms with Crippen LogP contribution in [-0.4, -0.2) is 15.9 Å². The maximum Gasteiger partial charge on any atom is 0.258 e. The molecule has 1 amide bonds. The second kappa shape index (κ2) is 7.72. The summed E-state index contributed by atoms with van der Waals surface area (Å²) >= 11 is 11.9. The number of aromatic nitrogens is 2. The molecule has 0 fully saturated rings. The van der Waals surface area contributed by atoms with Gasteiger partial charge in [-0.1, -0.05) is 29.3 Å².